The van der Waals surface area contributed by atoms with E-state index in [2.05, 4.69) is 10.6 Å². The predicted octanol–water partition coefficient (Wildman–Crippen LogP) is 1.30. The molecule has 3 N–H and O–H groups in total. The molecular weight excluding hydrogens is 329 g/mol. The molecule has 2 rings (SSSR count). The van der Waals surface area contributed by atoms with Crippen LogP contribution in [0, 0.1) is 0 Å². The van der Waals surface area contributed by atoms with Gasteiger partial charge in [-0.15, -0.1) is 0 Å². The van der Waals surface area contributed by atoms with Gasteiger partial charge >= 0.3 is 18.0 Å². The maximum Gasteiger partial charge on any atom is 0.416 e. The summed E-state index contributed by atoms with van der Waals surface area (Å²) in [5.74, 6) is -2.00. The molecule has 0 radical (unpaired) electrons. The smallest absolute Gasteiger partial charge is 0.388 e. The SMILES string of the molecule is O=C(NCC1(O)CCOCC1)C(=O)Nc1ccc(C(F)(F)F)cc1. The number of rotatable bonds is 3. The summed E-state index contributed by atoms with van der Waals surface area (Å²) >= 11 is 0. The number of aliphatic hydroxyl groups is 1. The van der Waals surface area contributed by atoms with E-state index in [4.69, 9.17) is 4.74 Å². The lowest BCUT2D eigenvalue weighted by Crippen LogP contribution is -2.48. The largest absolute Gasteiger partial charge is 0.416 e. The van der Waals surface area contributed by atoms with Crippen LogP contribution < -0.4 is 10.6 Å². The van der Waals surface area contributed by atoms with Crippen molar-refractivity contribution in [1.82, 2.24) is 5.32 Å². The summed E-state index contributed by atoms with van der Waals surface area (Å²) in [6.07, 6.45) is -3.79. The van der Waals surface area contributed by atoms with E-state index in [-0.39, 0.29) is 12.2 Å². The molecule has 6 nitrogen and oxygen atoms in total. The molecule has 132 valence electrons. The summed E-state index contributed by atoms with van der Waals surface area (Å²) in [7, 11) is 0. The first kappa shape index (κ1) is 18.2. The second-order valence-electron chi connectivity index (χ2n) is 5.55. The van der Waals surface area contributed by atoms with E-state index in [1.54, 1.807) is 0 Å². The highest BCUT2D eigenvalue weighted by atomic mass is 19.4. The molecule has 0 atom stereocenters. The van der Waals surface area contributed by atoms with Gasteiger partial charge in [0.1, 0.15) is 0 Å². The third kappa shape index (κ3) is 4.93. The minimum Gasteiger partial charge on any atom is -0.388 e. The number of hydrogen-bond acceptors (Lipinski definition) is 4. The molecule has 9 heteroatoms. The second-order valence-corrected chi connectivity index (χ2v) is 5.55. The molecule has 1 aromatic rings. The first-order valence-electron chi connectivity index (χ1n) is 7.26. The van der Waals surface area contributed by atoms with Crippen molar-refractivity contribution in [2.75, 3.05) is 25.1 Å². The molecule has 1 saturated heterocycles. The van der Waals surface area contributed by atoms with Gasteiger partial charge in [-0.05, 0) is 24.3 Å². The number of alkyl halides is 3. The van der Waals surface area contributed by atoms with Gasteiger partial charge in [0.05, 0.1) is 11.2 Å². The van der Waals surface area contributed by atoms with Gasteiger partial charge in [-0.2, -0.15) is 13.2 Å². The molecule has 0 unspecified atom stereocenters. The van der Waals surface area contributed by atoms with E-state index in [9.17, 15) is 27.9 Å². The van der Waals surface area contributed by atoms with Crippen molar-refractivity contribution in [3.8, 4) is 0 Å². The van der Waals surface area contributed by atoms with Crippen molar-refractivity contribution in [2.45, 2.75) is 24.6 Å². The fourth-order valence-corrected chi connectivity index (χ4v) is 2.18. The Hall–Kier alpha value is -2.13. The Labute approximate surface area is 136 Å². The molecule has 1 aliphatic heterocycles. The van der Waals surface area contributed by atoms with Crippen LogP contribution in [0.2, 0.25) is 0 Å². The molecule has 24 heavy (non-hydrogen) atoms. The van der Waals surface area contributed by atoms with Crippen LogP contribution in [0.15, 0.2) is 24.3 Å². The van der Waals surface area contributed by atoms with Gasteiger partial charge in [0.2, 0.25) is 0 Å². The summed E-state index contributed by atoms with van der Waals surface area (Å²) in [6.45, 7) is 0.629. The van der Waals surface area contributed by atoms with Gasteiger partial charge in [0.25, 0.3) is 0 Å². The molecule has 1 aromatic carbocycles. The lowest BCUT2D eigenvalue weighted by molar-refractivity contribution is -0.137. The Morgan fingerprint density at radius 2 is 1.71 bits per heavy atom. The Morgan fingerprint density at radius 1 is 1.12 bits per heavy atom. The Kier molecular flexibility index (Phi) is 5.45. The van der Waals surface area contributed by atoms with Crippen LogP contribution in [-0.2, 0) is 20.5 Å². The molecule has 0 saturated carbocycles. The van der Waals surface area contributed by atoms with Crippen LogP contribution in [0.4, 0.5) is 18.9 Å². The van der Waals surface area contributed by atoms with Gasteiger partial charge in [-0.3, -0.25) is 9.59 Å². The van der Waals surface area contributed by atoms with E-state index in [0.29, 0.717) is 26.1 Å². The van der Waals surface area contributed by atoms with Crippen LogP contribution in [0.5, 0.6) is 0 Å². The highest BCUT2D eigenvalue weighted by Gasteiger charge is 2.31. The maximum atomic E-state index is 12.4. The van der Waals surface area contributed by atoms with Crippen molar-refractivity contribution in [2.24, 2.45) is 0 Å². The molecule has 1 aliphatic rings. The van der Waals surface area contributed by atoms with Crippen LogP contribution >= 0.6 is 0 Å². The highest BCUT2D eigenvalue weighted by molar-refractivity contribution is 6.39. The number of amides is 2. The fraction of sp³-hybridized carbons (Fsp3) is 0.467. The van der Waals surface area contributed by atoms with Crippen molar-refractivity contribution in [3.63, 3.8) is 0 Å². The topological polar surface area (TPSA) is 87.7 Å². The zero-order valence-electron chi connectivity index (χ0n) is 12.7. The predicted molar refractivity (Wildman–Crippen MR) is 78.1 cm³/mol. The van der Waals surface area contributed by atoms with Crippen LogP contribution in [-0.4, -0.2) is 42.3 Å². The summed E-state index contributed by atoms with van der Waals surface area (Å²) < 4.78 is 42.4. The molecule has 0 aromatic heterocycles. The van der Waals surface area contributed by atoms with Crippen molar-refractivity contribution in [1.29, 1.82) is 0 Å². The molecule has 2 amide bonds. The quantitative estimate of drug-likeness (QED) is 0.720. The molecular formula is C15H17F3N2O4. The van der Waals surface area contributed by atoms with E-state index in [0.717, 1.165) is 24.3 Å². The Morgan fingerprint density at radius 3 is 2.25 bits per heavy atom. The minimum atomic E-state index is -4.47. The zero-order valence-corrected chi connectivity index (χ0v) is 12.7. The fourth-order valence-electron chi connectivity index (χ4n) is 2.18. The summed E-state index contributed by atoms with van der Waals surface area (Å²) in [5.41, 5.74) is -1.91. The first-order valence-corrected chi connectivity index (χ1v) is 7.26. The normalized spacial score (nSPS) is 17.2. The van der Waals surface area contributed by atoms with Crippen molar-refractivity contribution < 1.29 is 32.6 Å². The summed E-state index contributed by atoms with van der Waals surface area (Å²) in [5, 5.41) is 14.7. The molecule has 1 heterocycles. The Bertz CT molecular complexity index is 596. The molecule has 0 bridgehead atoms. The van der Waals surface area contributed by atoms with Crippen LogP contribution in [0.3, 0.4) is 0 Å². The highest BCUT2D eigenvalue weighted by Crippen LogP contribution is 2.29. The summed E-state index contributed by atoms with van der Waals surface area (Å²) in [4.78, 5) is 23.4. The number of carbonyl (C=O) groups is 2. The molecule has 0 spiro atoms. The van der Waals surface area contributed by atoms with E-state index in [1.165, 1.54) is 0 Å². The molecule has 1 fully saturated rings. The van der Waals surface area contributed by atoms with E-state index < -0.39 is 29.2 Å². The van der Waals surface area contributed by atoms with E-state index in [1.807, 2.05) is 0 Å². The lowest BCUT2D eigenvalue weighted by atomic mass is 9.94. The zero-order chi connectivity index (χ0) is 17.8. The average molecular weight is 346 g/mol. The van der Waals surface area contributed by atoms with Crippen LogP contribution in [0.1, 0.15) is 18.4 Å². The number of carbonyl (C=O) groups excluding carboxylic acids is 2. The average Bonchev–Trinajstić information content (AvgIpc) is 2.53. The number of nitrogens with one attached hydrogen (secondary N) is 2. The third-order valence-electron chi connectivity index (χ3n) is 3.68. The minimum absolute atomic E-state index is 0.0629. The number of anilines is 1. The number of halogens is 3. The monoisotopic (exact) mass is 346 g/mol. The second kappa shape index (κ2) is 7.18. The maximum absolute atomic E-state index is 12.4. The van der Waals surface area contributed by atoms with Gasteiger partial charge in [-0.25, -0.2) is 0 Å². The first-order chi connectivity index (χ1) is 11.2. The third-order valence-corrected chi connectivity index (χ3v) is 3.68. The van der Waals surface area contributed by atoms with Crippen molar-refractivity contribution in [3.05, 3.63) is 29.8 Å². The number of ether oxygens (including phenoxy) is 1. The van der Waals surface area contributed by atoms with Gasteiger partial charge in [0.15, 0.2) is 0 Å². The van der Waals surface area contributed by atoms with Gasteiger partial charge in [-0.1, -0.05) is 0 Å². The number of hydrogen-bond donors (Lipinski definition) is 3. The van der Waals surface area contributed by atoms with Gasteiger partial charge < -0.3 is 20.5 Å². The van der Waals surface area contributed by atoms with Crippen molar-refractivity contribution >= 4 is 17.5 Å². The van der Waals surface area contributed by atoms with E-state index >= 15 is 0 Å². The summed E-state index contributed by atoms with van der Waals surface area (Å²) in [6, 6.07) is 3.72. The Balaban J connectivity index is 1.86. The molecule has 0 aliphatic carbocycles. The number of benzene rings is 1. The lowest BCUT2D eigenvalue weighted by Gasteiger charge is -2.31. The van der Waals surface area contributed by atoms with Gasteiger partial charge in [0, 0.05) is 38.3 Å². The van der Waals surface area contributed by atoms with Crippen LogP contribution in [0.25, 0.3) is 0 Å². The standard InChI is InChI=1S/C15H17F3N2O4/c16-15(17,18)10-1-3-11(4-2-10)20-13(22)12(21)19-9-14(23)5-7-24-8-6-14/h1-4,23H,5-9H2,(H,19,21)(H,20,22).